The Morgan fingerprint density at radius 1 is 1.43 bits per heavy atom. The summed E-state index contributed by atoms with van der Waals surface area (Å²) >= 11 is 8.89. The number of halogens is 2. The van der Waals surface area contributed by atoms with E-state index in [1.165, 1.54) is 0 Å². The molecule has 0 atom stereocenters. The molecule has 0 N–H and O–H groups in total. The molecule has 0 aliphatic carbocycles. The van der Waals surface area contributed by atoms with Gasteiger partial charge in [0.05, 0.1) is 5.88 Å². The van der Waals surface area contributed by atoms with Gasteiger partial charge in [0, 0.05) is 10.0 Å². The van der Waals surface area contributed by atoms with E-state index < -0.39 is 0 Å². The quantitative estimate of drug-likeness (QED) is 0.602. The van der Waals surface area contributed by atoms with Crippen molar-refractivity contribution in [3.05, 3.63) is 33.8 Å². The van der Waals surface area contributed by atoms with Crippen LogP contribution in [0.3, 0.4) is 0 Å². The van der Waals surface area contributed by atoms with E-state index in [0.29, 0.717) is 11.5 Å². The maximum Gasteiger partial charge on any atom is 0.177 e. The van der Waals surface area contributed by atoms with Crippen molar-refractivity contribution in [1.82, 2.24) is 0 Å². The summed E-state index contributed by atoms with van der Waals surface area (Å²) < 4.78 is 0.928. The average molecular weight is 276 g/mol. The van der Waals surface area contributed by atoms with Gasteiger partial charge in [-0.05, 0) is 29.7 Å². The Balaban J connectivity index is 3.13. The zero-order chi connectivity index (χ0) is 10.7. The first-order valence-corrected chi connectivity index (χ1v) is 5.77. The Morgan fingerprint density at radius 3 is 2.57 bits per heavy atom. The molecule has 0 unspecified atom stereocenters. The number of carbonyl (C=O) groups is 1. The van der Waals surface area contributed by atoms with Crippen LogP contribution in [0.2, 0.25) is 0 Å². The predicted octanol–water partition coefficient (Wildman–Crippen LogP) is 3.99. The van der Waals surface area contributed by atoms with Gasteiger partial charge in [0.25, 0.3) is 0 Å². The minimum atomic E-state index is -0.0325. The fraction of sp³-hybridized carbons (Fsp3) is 0.364. The van der Waals surface area contributed by atoms with Crippen molar-refractivity contribution in [2.75, 3.05) is 5.88 Å². The molecule has 76 valence electrons. The molecule has 0 aromatic heterocycles. The van der Waals surface area contributed by atoms with Crippen LogP contribution in [0.4, 0.5) is 0 Å². The molecule has 0 spiro atoms. The maximum absolute atomic E-state index is 11.4. The normalized spacial score (nSPS) is 10.6. The number of hydrogen-bond acceptors (Lipinski definition) is 1. The highest BCUT2D eigenvalue weighted by atomic mass is 79.9. The monoisotopic (exact) mass is 274 g/mol. The van der Waals surface area contributed by atoms with E-state index in [1.807, 2.05) is 12.1 Å². The van der Waals surface area contributed by atoms with E-state index in [-0.39, 0.29) is 11.7 Å². The van der Waals surface area contributed by atoms with Crippen LogP contribution < -0.4 is 0 Å². The molecule has 0 amide bonds. The number of rotatable bonds is 3. The van der Waals surface area contributed by atoms with Gasteiger partial charge in [-0.25, -0.2) is 0 Å². The van der Waals surface area contributed by atoms with Crippen molar-refractivity contribution in [1.29, 1.82) is 0 Å². The summed E-state index contributed by atoms with van der Waals surface area (Å²) in [6.07, 6.45) is 0. The van der Waals surface area contributed by atoms with Crippen molar-refractivity contribution < 1.29 is 4.79 Å². The standard InChI is InChI=1S/C11H12BrClO/c1-7(2)8-3-9(11(14)6-13)5-10(12)4-8/h3-5,7H,6H2,1-2H3. The third-order valence-corrected chi connectivity index (χ3v) is 2.73. The number of ketones is 1. The minimum Gasteiger partial charge on any atom is -0.293 e. The number of carbonyl (C=O) groups excluding carboxylic acids is 1. The molecule has 0 aliphatic rings. The van der Waals surface area contributed by atoms with E-state index in [0.717, 1.165) is 10.0 Å². The molecule has 14 heavy (non-hydrogen) atoms. The van der Waals surface area contributed by atoms with E-state index in [4.69, 9.17) is 11.6 Å². The van der Waals surface area contributed by atoms with Gasteiger partial charge in [-0.2, -0.15) is 0 Å². The summed E-state index contributed by atoms with van der Waals surface area (Å²) in [5.41, 5.74) is 1.82. The molecule has 0 bridgehead atoms. The van der Waals surface area contributed by atoms with Crippen molar-refractivity contribution in [2.24, 2.45) is 0 Å². The lowest BCUT2D eigenvalue weighted by Crippen LogP contribution is -2.01. The smallest absolute Gasteiger partial charge is 0.177 e. The molecule has 0 saturated carbocycles. The van der Waals surface area contributed by atoms with Gasteiger partial charge >= 0.3 is 0 Å². The van der Waals surface area contributed by atoms with Gasteiger partial charge in [0.15, 0.2) is 5.78 Å². The Hall–Kier alpha value is -0.340. The van der Waals surface area contributed by atoms with Gasteiger partial charge in [-0.3, -0.25) is 4.79 Å². The lowest BCUT2D eigenvalue weighted by atomic mass is 10.00. The molecule has 1 aromatic carbocycles. The number of hydrogen-bond donors (Lipinski definition) is 0. The number of Topliss-reactive ketones (excluding diaryl/α,β-unsaturated/α-hetero) is 1. The highest BCUT2D eigenvalue weighted by Gasteiger charge is 2.08. The van der Waals surface area contributed by atoms with Gasteiger partial charge in [0.1, 0.15) is 0 Å². The van der Waals surface area contributed by atoms with Crippen molar-refractivity contribution in [2.45, 2.75) is 19.8 Å². The van der Waals surface area contributed by atoms with Crippen LogP contribution in [-0.2, 0) is 0 Å². The fourth-order valence-electron chi connectivity index (χ4n) is 1.18. The molecule has 0 fully saturated rings. The highest BCUT2D eigenvalue weighted by Crippen LogP contribution is 2.22. The molecule has 1 nitrogen and oxygen atoms in total. The van der Waals surface area contributed by atoms with Crippen molar-refractivity contribution in [3.8, 4) is 0 Å². The maximum atomic E-state index is 11.4. The second-order valence-corrected chi connectivity index (χ2v) is 4.67. The molecular weight excluding hydrogens is 263 g/mol. The summed E-state index contributed by atoms with van der Waals surface area (Å²) in [5.74, 6) is 0.415. The fourth-order valence-corrected chi connectivity index (χ4v) is 1.85. The second kappa shape index (κ2) is 4.94. The van der Waals surface area contributed by atoms with Crippen LogP contribution >= 0.6 is 27.5 Å². The topological polar surface area (TPSA) is 17.1 Å². The molecule has 1 aromatic rings. The van der Waals surface area contributed by atoms with Crippen LogP contribution in [0, 0.1) is 0 Å². The third-order valence-electron chi connectivity index (χ3n) is 2.03. The third kappa shape index (κ3) is 2.82. The van der Waals surface area contributed by atoms with Crippen LogP contribution in [0.15, 0.2) is 22.7 Å². The first-order chi connectivity index (χ1) is 6.54. The van der Waals surface area contributed by atoms with E-state index in [1.54, 1.807) is 6.07 Å². The largest absolute Gasteiger partial charge is 0.293 e. The molecule has 3 heteroatoms. The lowest BCUT2D eigenvalue weighted by Gasteiger charge is -2.08. The van der Waals surface area contributed by atoms with Crippen LogP contribution in [0.25, 0.3) is 0 Å². The van der Waals surface area contributed by atoms with Gasteiger partial charge < -0.3 is 0 Å². The lowest BCUT2D eigenvalue weighted by molar-refractivity contribution is 0.102. The first kappa shape index (κ1) is 11.7. The zero-order valence-electron chi connectivity index (χ0n) is 8.18. The van der Waals surface area contributed by atoms with Crippen molar-refractivity contribution in [3.63, 3.8) is 0 Å². The van der Waals surface area contributed by atoms with E-state index in [9.17, 15) is 4.79 Å². The summed E-state index contributed by atoms with van der Waals surface area (Å²) in [5, 5.41) is 0. The Bertz CT molecular complexity index is 347. The van der Waals surface area contributed by atoms with E-state index >= 15 is 0 Å². The number of alkyl halides is 1. The molecule has 0 aliphatic heterocycles. The summed E-state index contributed by atoms with van der Waals surface area (Å²) in [6, 6.07) is 5.73. The SMILES string of the molecule is CC(C)c1cc(Br)cc(C(=O)CCl)c1. The Labute approximate surface area is 97.6 Å². The predicted molar refractivity (Wildman–Crippen MR) is 63.3 cm³/mol. The van der Waals surface area contributed by atoms with Crippen LogP contribution in [-0.4, -0.2) is 11.7 Å². The van der Waals surface area contributed by atoms with Gasteiger partial charge in [-0.1, -0.05) is 29.8 Å². The Kier molecular flexibility index (Phi) is 4.14. The summed E-state index contributed by atoms with van der Waals surface area (Å²) in [7, 11) is 0. The average Bonchev–Trinajstić information content (AvgIpc) is 2.15. The van der Waals surface area contributed by atoms with Gasteiger partial charge in [-0.15, -0.1) is 11.6 Å². The molecule has 0 saturated heterocycles. The van der Waals surface area contributed by atoms with E-state index in [2.05, 4.69) is 29.8 Å². The number of benzene rings is 1. The van der Waals surface area contributed by atoms with Crippen molar-refractivity contribution >= 4 is 33.3 Å². The highest BCUT2D eigenvalue weighted by molar-refractivity contribution is 9.10. The van der Waals surface area contributed by atoms with Gasteiger partial charge in [0.2, 0.25) is 0 Å². The minimum absolute atomic E-state index is 0.0325. The molecule has 1 rings (SSSR count). The second-order valence-electron chi connectivity index (χ2n) is 3.48. The summed E-state index contributed by atoms with van der Waals surface area (Å²) in [4.78, 5) is 11.4. The Morgan fingerprint density at radius 2 is 2.07 bits per heavy atom. The van der Waals surface area contributed by atoms with Crippen LogP contribution in [0.5, 0.6) is 0 Å². The zero-order valence-corrected chi connectivity index (χ0v) is 10.5. The molecule has 0 heterocycles. The summed E-state index contributed by atoms with van der Waals surface area (Å²) in [6.45, 7) is 4.19. The first-order valence-electron chi connectivity index (χ1n) is 4.44. The van der Waals surface area contributed by atoms with Crippen LogP contribution in [0.1, 0.15) is 35.7 Å². The molecule has 0 radical (unpaired) electrons. The molecular formula is C11H12BrClO.